The van der Waals surface area contributed by atoms with Crippen LogP contribution in [0.5, 0.6) is 0 Å². The van der Waals surface area contributed by atoms with Crippen LogP contribution in [0.3, 0.4) is 0 Å². The molecule has 0 aliphatic rings. The number of nitrogens with one attached hydrogen (secondary N) is 1. The minimum atomic E-state index is -3.42. The number of hydrogen-bond donors (Lipinski definition) is 1. The number of unbranched alkanes of at least 4 members (excludes halogenated alkanes) is 1. The van der Waals surface area contributed by atoms with Crippen molar-refractivity contribution >= 4 is 32.2 Å². The van der Waals surface area contributed by atoms with E-state index in [1.807, 2.05) is 6.92 Å². The van der Waals surface area contributed by atoms with Crippen LogP contribution in [-0.2, 0) is 9.84 Å². The van der Waals surface area contributed by atoms with Gasteiger partial charge in [-0.15, -0.1) is 10.2 Å². The van der Waals surface area contributed by atoms with Crippen molar-refractivity contribution < 1.29 is 17.6 Å². The largest absolute Gasteiger partial charge is 0.459 e. The lowest BCUT2D eigenvalue weighted by molar-refractivity contribution is 0.0996. The zero-order valence-corrected chi connectivity index (χ0v) is 12.3. The summed E-state index contributed by atoms with van der Waals surface area (Å²) in [4.78, 5) is 11.7. The van der Waals surface area contributed by atoms with Gasteiger partial charge in [0, 0.05) is 0 Å². The van der Waals surface area contributed by atoms with Crippen molar-refractivity contribution in [3.05, 3.63) is 24.2 Å². The average Bonchev–Trinajstić information content (AvgIpc) is 3.07. The lowest BCUT2D eigenvalue weighted by Gasteiger charge is -1.97. The van der Waals surface area contributed by atoms with Crippen LogP contribution in [0.25, 0.3) is 0 Å². The van der Waals surface area contributed by atoms with E-state index < -0.39 is 15.7 Å². The smallest absolute Gasteiger partial charge is 0.293 e. The highest BCUT2D eigenvalue weighted by Crippen LogP contribution is 2.22. The van der Waals surface area contributed by atoms with Gasteiger partial charge in [0.1, 0.15) is 0 Å². The van der Waals surface area contributed by atoms with Crippen molar-refractivity contribution in [2.24, 2.45) is 0 Å². The highest BCUT2D eigenvalue weighted by atomic mass is 32.2. The van der Waals surface area contributed by atoms with Crippen LogP contribution in [0.15, 0.2) is 27.2 Å². The third-order valence-corrected chi connectivity index (χ3v) is 5.49. The second-order valence-electron chi connectivity index (χ2n) is 3.98. The minimum absolute atomic E-state index is 0.0320. The van der Waals surface area contributed by atoms with E-state index >= 15 is 0 Å². The van der Waals surface area contributed by atoms with Gasteiger partial charge in [-0.1, -0.05) is 24.7 Å². The molecule has 0 saturated carbocycles. The molecular formula is C11H13N3O4S2. The number of aromatic nitrogens is 2. The van der Waals surface area contributed by atoms with E-state index in [1.165, 1.54) is 12.3 Å². The molecule has 2 heterocycles. The molecule has 0 spiro atoms. The minimum Gasteiger partial charge on any atom is -0.459 e. The van der Waals surface area contributed by atoms with Gasteiger partial charge in [0.25, 0.3) is 5.91 Å². The van der Waals surface area contributed by atoms with Crippen LogP contribution in [-0.4, -0.2) is 30.3 Å². The maximum atomic E-state index is 11.9. The zero-order valence-electron chi connectivity index (χ0n) is 10.7. The summed E-state index contributed by atoms with van der Waals surface area (Å²) in [5, 5.41) is 9.83. The molecule has 2 aromatic heterocycles. The fourth-order valence-electron chi connectivity index (χ4n) is 1.37. The summed E-state index contributed by atoms with van der Waals surface area (Å²) in [5.41, 5.74) is 0. The summed E-state index contributed by atoms with van der Waals surface area (Å²) in [5.74, 6) is -0.344. The van der Waals surface area contributed by atoms with Crippen molar-refractivity contribution in [2.75, 3.05) is 11.1 Å². The number of carbonyl (C=O) groups is 1. The first kappa shape index (κ1) is 14.7. The van der Waals surface area contributed by atoms with Crippen molar-refractivity contribution in [3.8, 4) is 0 Å². The van der Waals surface area contributed by atoms with E-state index in [9.17, 15) is 13.2 Å². The van der Waals surface area contributed by atoms with Crippen LogP contribution < -0.4 is 5.32 Å². The maximum Gasteiger partial charge on any atom is 0.293 e. The molecule has 0 aromatic carbocycles. The Kier molecular flexibility index (Phi) is 4.50. The molecule has 0 radical (unpaired) electrons. The number of amides is 1. The van der Waals surface area contributed by atoms with E-state index in [4.69, 9.17) is 4.42 Å². The highest BCUT2D eigenvalue weighted by molar-refractivity contribution is 7.93. The summed E-state index contributed by atoms with van der Waals surface area (Å²) < 4.78 is 28.6. The summed E-state index contributed by atoms with van der Waals surface area (Å²) in [6, 6.07) is 3.07. The highest BCUT2D eigenvalue weighted by Gasteiger charge is 2.21. The van der Waals surface area contributed by atoms with Crippen LogP contribution >= 0.6 is 11.3 Å². The molecule has 0 fully saturated rings. The van der Waals surface area contributed by atoms with Crippen molar-refractivity contribution in [1.29, 1.82) is 0 Å². The Bertz CT molecular complexity index is 676. The predicted molar refractivity (Wildman–Crippen MR) is 73.5 cm³/mol. The fourth-order valence-corrected chi connectivity index (χ4v) is 3.85. The van der Waals surface area contributed by atoms with Gasteiger partial charge >= 0.3 is 0 Å². The molecule has 1 N–H and O–H groups in total. The number of anilines is 1. The predicted octanol–water partition coefficient (Wildman–Crippen LogP) is 1.96. The van der Waals surface area contributed by atoms with Crippen molar-refractivity contribution in [2.45, 2.75) is 24.1 Å². The molecule has 0 unspecified atom stereocenters. The van der Waals surface area contributed by atoms with Crippen LogP contribution in [0.1, 0.15) is 30.3 Å². The summed E-state index contributed by atoms with van der Waals surface area (Å²) in [6.07, 6.45) is 2.71. The van der Waals surface area contributed by atoms with E-state index in [0.29, 0.717) is 6.42 Å². The lowest BCUT2D eigenvalue weighted by Crippen LogP contribution is -2.10. The number of furan rings is 1. The van der Waals surface area contributed by atoms with Gasteiger partial charge in [0.2, 0.25) is 19.3 Å². The number of sulfone groups is 1. The fraction of sp³-hybridized carbons (Fsp3) is 0.364. The molecule has 108 valence electrons. The molecule has 0 bridgehead atoms. The second-order valence-corrected chi connectivity index (χ2v) is 7.24. The van der Waals surface area contributed by atoms with Gasteiger partial charge in [-0.2, -0.15) is 0 Å². The van der Waals surface area contributed by atoms with Crippen molar-refractivity contribution in [3.63, 3.8) is 0 Å². The summed E-state index contributed by atoms with van der Waals surface area (Å²) >= 11 is 0.832. The molecule has 9 heteroatoms. The monoisotopic (exact) mass is 315 g/mol. The number of nitrogens with zero attached hydrogens (tertiary/aromatic N) is 2. The quantitative estimate of drug-likeness (QED) is 0.817. The van der Waals surface area contributed by atoms with Gasteiger partial charge < -0.3 is 4.42 Å². The lowest BCUT2D eigenvalue weighted by atomic mass is 10.4. The molecule has 0 saturated heterocycles. The van der Waals surface area contributed by atoms with Crippen LogP contribution in [0, 0.1) is 0 Å². The van der Waals surface area contributed by atoms with Gasteiger partial charge in [-0.3, -0.25) is 10.1 Å². The third kappa shape index (κ3) is 3.42. The SMILES string of the molecule is CCCCS(=O)(=O)c1nnc(NC(=O)c2ccco2)s1. The maximum absolute atomic E-state index is 11.9. The molecule has 20 heavy (non-hydrogen) atoms. The molecular weight excluding hydrogens is 302 g/mol. The van der Waals surface area contributed by atoms with E-state index in [1.54, 1.807) is 6.07 Å². The van der Waals surface area contributed by atoms with Gasteiger partial charge in [0.15, 0.2) is 5.76 Å². The van der Waals surface area contributed by atoms with Gasteiger partial charge in [0.05, 0.1) is 12.0 Å². The first-order valence-corrected chi connectivity index (χ1v) is 8.41. The third-order valence-electron chi connectivity index (χ3n) is 2.40. The number of carbonyl (C=O) groups excluding carboxylic acids is 1. The average molecular weight is 315 g/mol. The second kappa shape index (κ2) is 6.14. The first-order chi connectivity index (χ1) is 9.53. The molecule has 1 amide bonds. The Labute approximate surface area is 119 Å². The van der Waals surface area contributed by atoms with Crippen molar-refractivity contribution in [1.82, 2.24) is 10.2 Å². The van der Waals surface area contributed by atoms with E-state index in [2.05, 4.69) is 15.5 Å². The van der Waals surface area contributed by atoms with E-state index in [-0.39, 0.29) is 21.0 Å². The standard InChI is InChI=1S/C11H13N3O4S2/c1-2-3-7-20(16,17)11-14-13-10(19-11)12-9(15)8-5-4-6-18-8/h4-6H,2-3,7H2,1H3,(H,12,13,15). The van der Waals surface area contributed by atoms with E-state index in [0.717, 1.165) is 17.8 Å². The van der Waals surface area contributed by atoms with Crippen LogP contribution in [0.4, 0.5) is 5.13 Å². The Morgan fingerprint density at radius 2 is 2.25 bits per heavy atom. The Hall–Kier alpha value is -1.74. The molecule has 2 aromatic rings. The Morgan fingerprint density at radius 1 is 1.45 bits per heavy atom. The normalized spacial score (nSPS) is 11.4. The topological polar surface area (TPSA) is 102 Å². The number of hydrogen-bond acceptors (Lipinski definition) is 7. The molecule has 0 aliphatic heterocycles. The van der Waals surface area contributed by atoms with Gasteiger partial charge in [-0.05, 0) is 18.6 Å². The Morgan fingerprint density at radius 3 is 2.90 bits per heavy atom. The molecule has 0 atom stereocenters. The zero-order chi connectivity index (χ0) is 14.6. The summed E-state index contributed by atoms with van der Waals surface area (Å²) in [6.45, 7) is 1.91. The molecule has 7 nitrogen and oxygen atoms in total. The molecule has 0 aliphatic carbocycles. The van der Waals surface area contributed by atoms with Crippen LogP contribution in [0.2, 0.25) is 0 Å². The summed E-state index contributed by atoms with van der Waals surface area (Å²) in [7, 11) is -3.42. The number of rotatable bonds is 6. The molecule has 2 rings (SSSR count). The first-order valence-electron chi connectivity index (χ1n) is 5.94. The van der Waals surface area contributed by atoms with Gasteiger partial charge in [-0.25, -0.2) is 8.42 Å². The Balaban J connectivity index is 2.08.